The number of aryl methyl sites for hydroxylation is 1. The lowest BCUT2D eigenvalue weighted by atomic mass is 9.99. The third-order valence-electron chi connectivity index (χ3n) is 3.82. The number of benzene rings is 1. The summed E-state index contributed by atoms with van der Waals surface area (Å²) in [5.74, 6) is 1.42. The van der Waals surface area contributed by atoms with Crippen molar-refractivity contribution in [3.05, 3.63) is 24.1 Å². The minimum atomic E-state index is -0.0391. The molecule has 0 aliphatic carbocycles. The van der Waals surface area contributed by atoms with Crippen LogP contribution in [0.4, 0.5) is 5.69 Å². The average molecular weight is 317 g/mol. The summed E-state index contributed by atoms with van der Waals surface area (Å²) in [5.41, 5.74) is 1.33. The van der Waals surface area contributed by atoms with Crippen molar-refractivity contribution in [2.45, 2.75) is 19.8 Å². The van der Waals surface area contributed by atoms with E-state index in [-0.39, 0.29) is 11.8 Å². The number of methoxy groups -OCH3 is 1. The van der Waals surface area contributed by atoms with Gasteiger partial charge in [0.2, 0.25) is 17.7 Å². The van der Waals surface area contributed by atoms with E-state index in [2.05, 4.69) is 15.5 Å². The van der Waals surface area contributed by atoms with E-state index in [9.17, 15) is 4.79 Å². The van der Waals surface area contributed by atoms with E-state index in [0.29, 0.717) is 36.4 Å². The molecule has 1 saturated heterocycles. The Kier molecular flexibility index (Phi) is 4.57. The molecule has 0 atom stereocenters. The predicted molar refractivity (Wildman–Crippen MR) is 83.2 cm³/mol. The molecule has 0 unspecified atom stereocenters. The lowest BCUT2D eigenvalue weighted by Gasteiger charge is -2.21. The molecule has 1 aromatic heterocycles. The number of hydrogen-bond acceptors (Lipinski definition) is 6. The van der Waals surface area contributed by atoms with E-state index >= 15 is 0 Å². The smallest absolute Gasteiger partial charge is 0.247 e. The zero-order valence-electron chi connectivity index (χ0n) is 13.2. The van der Waals surface area contributed by atoms with Gasteiger partial charge in [-0.3, -0.25) is 4.79 Å². The van der Waals surface area contributed by atoms with Crippen LogP contribution in [0.2, 0.25) is 0 Å². The molecular weight excluding hydrogens is 298 g/mol. The van der Waals surface area contributed by atoms with E-state index in [1.807, 2.05) is 6.07 Å². The molecule has 1 amide bonds. The zero-order valence-corrected chi connectivity index (χ0v) is 13.2. The van der Waals surface area contributed by atoms with Crippen molar-refractivity contribution >= 4 is 11.6 Å². The number of nitrogens with zero attached hydrogens (tertiary/aromatic N) is 2. The van der Waals surface area contributed by atoms with Gasteiger partial charge in [-0.05, 0) is 31.0 Å². The first-order chi connectivity index (χ1) is 11.2. The van der Waals surface area contributed by atoms with Crippen LogP contribution in [0.1, 0.15) is 18.7 Å². The van der Waals surface area contributed by atoms with Crippen LogP contribution in [0, 0.1) is 12.8 Å². The predicted octanol–water partition coefficient (Wildman–Crippen LogP) is 2.42. The van der Waals surface area contributed by atoms with Crippen LogP contribution in [-0.2, 0) is 9.53 Å². The molecule has 1 fully saturated rings. The Labute approximate surface area is 134 Å². The molecule has 23 heavy (non-hydrogen) atoms. The summed E-state index contributed by atoms with van der Waals surface area (Å²) < 4.78 is 16.0. The summed E-state index contributed by atoms with van der Waals surface area (Å²) in [5, 5.41) is 10.8. The largest absolute Gasteiger partial charge is 0.495 e. The first kappa shape index (κ1) is 15.5. The summed E-state index contributed by atoms with van der Waals surface area (Å²) >= 11 is 0. The highest BCUT2D eigenvalue weighted by atomic mass is 16.5. The molecule has 1 aliphatic rings. The van der Waals surface area contributed by atoms with Gasteiger partial charge in [0.05, 0.1) is 12.8 Å². The van der Waals surface area contributed by atoms with E-state index in [4.69, 9.17) is 13.9 Å². The van der Waals surface area contributed by atoms with Gasteiger partial charge in [-0.1, -0.05) is 0 Å². The maximum Gasteiger partial charge on any atom is 0.247 e. The molecule has 122 valence electrons. The second-order valence-corrected chi connectivity index (χ2v) is 5.42. The number of amides is 1. The van der Waals surface area contributed by atoms with Crippen LogP contribution in [0.25, 0.3) is 11.5 Å². The van der Waals surface area contributed by atoms with E-state index in [1.165, 1.54) is 0 Å². The Morgan fingerprint density at radius 1 is 1.30 bits per heavy atom. The number of ether oxygens (including phenoxy) is 2. The Bertz CT molecular complexity index is 692. The average Bonchev–Trinajstić information content (AvgIpc) is 3.02. The van der Waals surface area contributed by atoms with E-state index in [0.717, 1.165) is 18.4 Å². The summed E-state index contributed by atoms with van der Waals surface area (Å²) in [6, 6.07) is 5.37. The first-order valence-electron chi connectivity index (χ1n) is 7.54. The highest BCUT2D eigenvalue weighted by molar-refractivity contribution is 5.94. The number of carbonyl (C=O) groups is 1. The number of aromatic nitrogens is 2. The highest BCUT2D eigenvalue weighted by Crippen LogP contribution is 2.31. The summed E-state index contributed by atoms with van der Waals surface area (Å²) in [4.78, 5) is 12.4. The van der Waals surface area contributed by atoms with Gasteiger partial charge in [-0.2, -0.15) is 0 Å². The van der Waals surface area contributed by atoms with Crippen molar-refractivity contribution in [2.24, 2.45) is 5.92 Å². The lowest BCUT2D eigenvalue weighted by Crippen LogP contribution is -2.28. The fraction of sp³-hybridized carbons (Fsp3) is 0.438. The van der Waals surface area contributed by atoms with Gasteiger partial charge in [0.1, 0.15) is 5.75 Å². The SMILES string of the molecule is COc1ccc(-c2nnc(C)o2)cc1NC(=O)C1CCOCC1. The van der Waals surface area contributed by atoms with Gasteiger partial charge >= 0.3 is 0 Å². The van der Waals surface area contributed by atoms with Crippen LogP contribution in [-0.4, -0.2) is 36.4 Å². The van der Waals surface area contributed by atoms with Crippen molar-refractivity contribution in [1.29, 1.82) is 0 Å². The summed E-state index contributed by atoms with van der Waals surface area (Å²) in [6.45, 7) is 2.97. The lowest BCUT2D eigenvalue weighted by molar-refractivity contribution is -0.122. The van der Waals surface area contributed by atoms with Crippen molar-refractivity contribution < 1.29 is 18.7 Å². The normalized spacial score (nSPS) is 15.4. The number of rotatable bonds is 4. The first-order valence-corrected chi connectivity index (χ1v) is 7.54. The topological polar surface area (TPSA) is 86.5 Å². The molecule has 7 nitrogen and oxygen atoms in total. The van der Waals surface area contributed by atoms with Crippen LogP contribution >= 0.6 is 0 Å². The van der Waals surface area contributed by atoms with Crippen LogP contribution < -0.4 is 10.1 Å². The third-order valence-corrected chi connectivity index (χ3v) is 3.82. The van der Waals surface area contributed by atoms with E-state index < -0.39 is 0 Å². The van der Waals surface area contributed by atoms with Gasteiger partial charge < -0.3 is 19.2 Å². The van der Waals surface area contributed by atoms with Gasteiger partial charge in [-0.15, -0.1) is 10.2 Å². The maximum atomic E-state index is 12.4. The molecule has 1 aromatic carbocycles. The monoisotopic (exact) mass is 317 g/mol. The Morgan fingerprint density at radius 3 is 2.74 bits per heavy atom. The molecule has 2 aromatic rings. The van der Waals surface area contributed by atoms with E-state index in [1.54, 1.807) is 26.2 Å². The molecule has 7 heteroatoms. The minimum Gasteiger partial charge on any atom is -0.495 e. The standard InChI is InChI=1S/C16H19N3O4/c1-10-18-19-16(23-10)12-3-4-14(21-2)13(9-12)17-15(20)11-5-7-22-8-6-11/h3-4,9,11H,5-8H2,1-2H3,(H,17,20). The van der Waals surface area contributed by atoms with Crippen molar-refractivity contribution in [1.82, 2.24) is 10.2 Å². The summed E-state index contributed by atoms with van der Waals surface area (Å²) in [6.07, 6.45) is 1.47. The Hall–Kier alpha value is -2.41. The molecular formula is C16H19N3O4. The number of anilines is 1. The molecule has 1 N–H and O–H groups in total. The van der Waals surface area contributed by atoms with Crippen molar-refractivity contribution in [3.8, 4) is 17.2 Å². The zero-order chi connectivity index (χ0) is 16.2. The van der Waals surface area contributed by atoms with Gasteiger partial charge in [-0.25, -0.2) is 0 Å². The van der Waals surface area contributed by atoms with Crippen LogP contribution in [0.5, 0.6) is 5.75 Å². The minimum absolute atomic E-state index is 0.0227. The number of carbonyl (C=O) groups excluding carboxylic acids is 1. The quantitative estimate of drug-likeness (QED) is 0.932. The number of nitrogens with one attached hydrogen (secondary N) is 1. The fourth-order valence-electron chi connectivity index (χ4n) is 2.55. The van der Waals surface area contributed by atoms with Gasteiger partial charge in [0.15, 0.2) is 0 Å². The highest BCUT2D eigenvalue weighted by Gasteiger charge is 2.23. The molecule has 2 heterocycles. The molecule has 0 saturated carbocycles. The van der Waals surface area contributed by atoms with Crippen LogP contribution in [0.3, 0.4) is 0 Å². The molecule has 3 rings (SSSR count). The molecule has 0 radical (unpaired) electrons. The second-order valence-electron chi connectivity index (χ2n) is 5.42. The molecule has 0 bridgehead atoms. The van der Waals surface area contributed by atoms with Crippen molar-refractivity contribution in [3.63, 3.8) is 0 Å². The van der Waals surface area contributed by atoms with Gasteiger partial charge in [0.25, 0.3) is 0 Å². The fourth-order valence-corrected chi connectivity index (χ4v) is 2.55. The molecule has 1 aliphatic heterocycles. The third kappa shape index (κ3) is 3.50. The Balaban J connectivity index is 1.83. The van der Waals surface area contributed by atoms with Crippen molar-refractivity contribution in [2.75, 3.05) is 25.6 Å². The summed E-state index contributed by atoms with van der Waals surface area (Å²) in [7, 11) is 1.57. The second kappa shape index (κ2) is 6.78. The molecule has 0 spiro atoms. The maximum absolute atomic E-state index is 12.4. The van der Waals surface area contributed by atoms with Gasteiger partial charge in [0, 0.05) is 31.6 Å². The van der Waals surface area contributed by atoms with Crippen LogP contribution in [0.15, 0.2) is 22.6 Å². The number of hydrogen-bond donors (Lipinski definition) is 1. The Morgan fingerprint density at radius 2 is 2.09 bits per heavy atom.